The smallest absolute Gasteiger partial charge is 0.223 e. The van der Waals surface area contributed by atoms with Gasteiger partial charge in [-0.05, 0) is 43.9 Å². The van der Waals surface area contributed by atoms with E-state index in [1.54, 1.807) is 0 Å². The largest absolute Gasteiger partial charge is 0.353 e. The predicted molar refractivity (Wildman–Crippen MR) is 89.2 cm³/mol. The summed E-state index contributed by atoms with van der Waals surface area (Å²) in [5, 5.41) is 3.40. The van der Waals surface area contributed by atoms with Crippen molar-refractivity contribution in [3.8, 4) is 0 Å². The lowest BCUT2D eigenvalue weighted by atomic mass is 9.89. The van der Waals surface area contributed by atoms with E-state index >= 15 is 0 Å². The summed E-state index contributed by atoms with van der Waals surface area (Å²) in [6.07, 6.45) is 15.1. The molecule has 0 heterocycles. The zero-order chi connectivity index (χ0) is 15.1. The quantitative estimate of drug-likeness (QED) is 0.723. The SMILES string of the molecule is CC(C)C1CCCC(NC(=O)C2CCCCCCC2)CC1. The molecular weight excluding hydrogens is 258 g/mol. The Labute approximate surface area is 131 Å². The van der Waals surface area contributed by atoms with Gasteiger partial charge in [0.25, 0.3) is 0 Å². The van der Waals surface area contributed by atoms with Crippen molar-refractivity contribution in [2.24, 2.45) is 17.8 Å². The van der Waals surface area contributed by atoms with Crippen LogP contribution in [0.2, 0.25) is 0 Å². The summed E-state index contributed by atoms with van der Waals surface area (Å²) in [6, 6.07) is 0.451. The molecule has 2 heteroatoms. The molecule has 0 aromatic rings. The van der Waals surface area contributed by atoms with Crippen LogP contribution in [0.3, 0.4) is 0 Å². The third-order valence-corrected chi connectivity index (χ3v) is 5.78. The van der Waals surface area contributed by atoms with Crippen LogP contribution < -0.4 is 5.32 Å². The third-order valence-electron chi connectivity index (χ3n) is 5.78. The minimum absolute atomic E-state index is 0.300. The first-order valence-electron chi connectivity index (χ1n) is 9.47. The summed E-state index contributed by atoms with van der Waals surface area (Å²) in [5.41, 5.74) is 0. The minimum Gasteiger partial charge on any atom is -0.353 e. The molecule has 1 N–H and O–H groups in total. The second-order valence-corrected chi connectivity index (χ2v) is 7.76. The molecule has 2 saturated carbocycles. The Morgan fingerprint density at radius 3 is 2.14 bits per heavy atom. The Bertz CT molecular complexity index is 305. The van der Waals surface area contributed by atoms with Crippen molar-refractivity contribution in [2.45, 2.75) is 96.9 Å². The van der Waals surface area contributed by atoms with Gasteiger partial charge in [-0.1, -0.05) is 58.8 Å². The van der Waals surface area contributed by atoms with Crippen molar-refractivity contribution in [3.05, 3.63) is 0 Å². The van der Waals surface area contributed by atoms with Gasteiger partial charge in [-0.25, -0.2) is 0 Å². The Hall–Kier alpha value is -0.530. The summed E-state index contributed by atoms with van der Waals surface area (Å²) in [5.74, 6) is 2.33. The number of hydrogen-bond donors (Lipinski definition) is 1. The molecule has 0 aromatic carbocycles. The Morgan fingerprint density at radius 1 is 0.810 bits per heavy atom. The minimum atomic E-state index is 0.300. The van der Waals surface area contributed by atoms with Crippen molar-refractivity contribution in [1.29, 1.82) is 0 Å². The summed E-state index contributed by atoms with van der Waals surface area (Å²) in [4.78, 5) is 12.5. The average molecular weight is 293 g/mol. The van der Waals surface area contributed by atoms with E-state index in [1.807, 2.05) is 0 Å². The number of rotatable bonds is 3. The highest BCUT2D eigenvalue weighted by molar-refractivity contribution is 5.78. The summed E-state index contributed by atoms with van der Waals surface area (Å²) in [7, 11) is 0. The molecule has 1 amide bonds. The van der Waals surface area contributed by atoms with Crippen molar-refractivity contribution in [2.75, 3.05) is 0 Å². The predicted octanol–water partition coefficient (Wildman–Crippen LogP) is 5.07. The van der Waals surface area contributed by atoms with Gasteiger partial charge in [0.1, 0.15) is 0 Å². The van der Waals surface area contributed by atoms with E-state index < -0.39 is 0 Å². The zero-order valence-corrected chi connectivity index (χ0v) is 14.2. The van der Waals surface area contributed by atoms with Crippen LogP contribution in [0, 0.1) is 17.8 Å². The molecule has 0 spiro atoms. The maximum absolute atomic E-state index is 12.5. The molecule has 2 aliphatic rings. The van der Waals surface area contributed by atoms with E-state index in [1.165, 1.54) is 64.2 Å². The van der Waals surface area contributed by atoms with E-state index in [4.69, 9.17) is 0 Å². The second kappa shape index (κ2) is 8.80. The highest BCUT2D eigenvalue weighted by Gasteiger charge is 2.25. The Balaban J connectivity index is 1.78. The van der Waals surface area contributed by atoms with Crippen molar-refractivity contribution < 1.29 is 4.79 Å². The molecule has 21 heavy (non-hydrogen) atoms. The van der Waals surface area contributed by atoms with E-state index in [-0.39, 0.29) is 0 Å². The molecule has 0 aromatic heterocycles. The molecule has 2 fully saturated rings. The summed E-state index contributed by atoms with van der Waals surface area (Å²) in [6.45, 7) is 4.69. The monoisotopic (exact) mass is 293 g/mol. The molecular formula is C19H35NO. The van der Waals surface area contributed by atoms with E-state index in [2.05, 4.69) is 19.2 Å². The average Bonchev–Trinajstić information content (AvgIpc) is 2.63. The van der Waals surface area contributed by atoms with Gasteiger partial charge in [-0.15, -0.1) is 0 Å². The molecule has 2 atom stereocenters. The van der Waals surface area contributed by atoms with Crippen LogP contribution in [-0.2, 0) is 4.79 Å². The molecule has 2 aliphatic carbocycles. The second-order valence-electron chi connectivity index (χ2n) is 7.76. The van der Waals surface area contributed by atoms with Crippen molar-refractivity contribution in [1.82, 2.24) is 5.32 Å². The molecule has 0 radical (unpaired) electrons. The van der Waals surface area contributed by atoms with Crippen LogP contribution in [-0.4, -0.2) is 11.9 Å². The van der Waals surface area contributed by atoms with Gasteiger partial charge in [-0.3, -0.25) is 4.79 Å². The molecule has 2 unspecified atom stereocenters. The molecule has 2 rings (SSSR count). The number of amides is 1. The Kier molecular flexibility index (Phi) is 7.06. The summed E-state index contributed by atoms with van der Waals surface area (Å²) < 4.78 is 0. The molecule has 0 bridgehead atoms. The normalized spacial score (nSPS) is 29.5. The van der Waals surface area contributed by atoms with Gasteiger partial charge in [0.15, 0.2) is 0 Å². The maximum Gasteiger partial charge on any atom is 0.223 e. The van der Waals surface area contributed by atoms with Crippen LogP contribution in [0.25, 0.3) is 0 Å². The van der Waals surface area contributed by atoms with Crippen molar-refractivity contribution >= 4 is 5.91 Å². The Morgan fingerprint density at radius 2 is 1.48 bits per heavy atom. The molecule has 2 nitrogen and oxygen atoms in total. The zero-order valence-electron chi connectivity index (χ0n) is 14.2. The number of carbonyl (C=O) groups is 1. The topological polar surface area (TPSA) is 29.1 Å². The van der Waals surface area contributed by atoms with Gasteiger partial charge >= 0.3 is 0 Å². The first kappa shape index (κ1) is 16.8. The van der Waals surface area contributed by atoms with Gasteiger partial charge in [0.2, 0.25) is 5.91 Å². The first-order valence-corrected chi connectivity index (χ1v) is 9.47. The maximum atomic E-state index is 12.5. The first-order chi connectivity index (χ1) is 10.2. The highest BCUT2D eigenvalue weighted by Crippen LogP contribution is 2.29. The number of carbonyl (C=O) groups excluding carboxylic acids is 1. The van der Waals surface area contributed by atoms with Crippen LogP contribution in [0.5, 0.6) is 0 Å². The van der Waals surface area contributed by atoms with Crippen LogP contribution >= 0.6 is 0 Å². The number of hydrogen-bond acceptors (Lipinski definition) is 1. The lowest BCUT2D eigenvalue weighted by Crippen LogP contribution is -2.39. The van der Waals surface area contributed by atoms with Gasteiger partial charge in [-0.2, -0.15) is 0 Å². The van der Waals surface area contributed by atoms with Crippen molar-refractivity contribution in [3.63, 3.8) is 0 Å². The fourth-order valence-electron chi connectivity index (χ4n) is 4.18. The van der Waals surface area contributed by atoms with E-state index in [0.29, 0.717) is 17.9 Å². The molecule has 122 valence electrons. The fraction of sp³-hybridized carbons (Fsp3) is 0.947. The lowest BCUT2D eigenvalue weighted by molar-refractivity contribution is -0.126. The van der Waals surface area contributed by atoms with Gasteiger partial charge < -0.3 is 5.32 Å². The van der Waals surface area contributed by atoms with Gasteiger partial charge in [0.05, 0.1) is 0 Å². The molecule has 0 aliphatic heterocycles. The summed E-state index contributed by atoms with van der Waals surface area (Å²) >= 11 is 0. The van der Waals surface area contributed by atoms with Crippen LogP contribution in [0.1, 0.15) is 90.9 Å². The van der Waals surface area contributed by atoms with E-state index in [9.17, 15) is 4.79 Å². The van der Waals surface area contributed by atoms with E-state index in [0.717, 1.165) is 24.7 Å². The fourth-order valence-corrected chi connectivity index (χ4v) is 4.18. The third kappa shape index (κ3) is 5.64. The standard InChI is InChI=1S/C19H35NO/c1-15(2)16-11-8-12-18(14-13-16)20-19(21)17-9-6-4-3-5-7-10-17/h15-18H,3-14H2,1-2H3,(H,20,21). The van der Waals surface area contributed by atoms with Crippen LogP contribution in [0.4, 0.5) is 0 Å². The van der Waals surface area contributed by atoms with Gasteiger partial charge in [0, 0.05) is 12.0 Å². The number of nitrogens with one attached hydrogen (secondary N) is 1. The highest BCUT2D eigenvalue weighted by atomic mass is 16.1. The molecule has 0 saturated heterocycles. The van der Waals surface area contributed by atoms with Crippen LogP contribution in [0.15, 0.2) is 0 Å². The lowest BCUT2D eigenvalue weighted by Gasteiger charge is -2.23.